The number of carbonyl (C=O) groups excluding carboxylic acids is 3. The van der Waals surface area contributed by atoms with E-state index in [1.54, 1.807) is 32.1 Å². The molecule has 0 aromatic carbocycles. The molecule has 0 saturated carbocycles. The minimum absolute atomic E-state index is 0.0855. The number of carbonyl (C=O) groups is 4. The SMILES string of the molecule is C=C(C)/C(=C\C=C/CC(=O)N1CCCC1)N(C=O)CCO[C@@H](C)[C@H](CC(=O)O)OC(C)=O. The van der Waals surface area contributed by atoms with Crippen molar-refractivity contribution >= 4 is 24.3 Å². The fourth-order valence-electron chi connectivity index (χ4n) is 3.27. The quantitative estimate of drug-likeness (QED) is 0.245. The molecule has 178 valence electrons. The maximum absolute atomic E-state index is 12.1. The molecule has 1 fully saturated rings. The van der Waals surface area contributed by atoms with Crippen molar-refractivity contribution in [2.45, 2.75) is 58.7 Å². The van der Waals surface area contributed by atoms with Gasteiger partial charge in [0.2, 0.25) is 12.3 Å². The highest BCUT2D eigenvalue weighted by Gasteiger charge is 2.24. The van der Waals surface area contributed by atoms with Crippen molar-refractivity contribution in [1.29, 1.82) is 0 Å². The lowest BCUT2D eigenvalue weighted by Gasteiger charge is -2.25. The third-order valence-electron chi connectivity index (χ3n) is 4.94. The zero-order valence-corrected chi connectivity index (χ0v) is 19.1. The minimum atomic E-state index is -1.11. The van der Waals surface area contributed by atoms with E-state index in [0.29, 0.717) is 24.1 Å². The van der Waals surface area contributed by atoms with Crippen molar-refractivity contribution in [3.8, 4) is 0 Å². The molecular weight excluding hydrogens is 416 g/mol. The van der Waals surface area contributed by atoms with Crippen LogP contribution in [0.4, 0.5) is 0 Å². The van der Waals surface area contributed by atoms with E-state index >= 15 is 0 Å². The molecule has 1 rings (SSSR count). The highest BCUT2D eigenvalue weighted by molar-refractivity contribution is 5.78. The number of hydrogen-bond donors (Lipinski definition) is 1. The van der Waals surface area contributed by atoms with Crippen LogP contribution in [0.3, 0.4) is 0 Å². The highest BCUT2D eigenvalue weighted by Crippen LogP contribution is 2.14. The van der Waals surface area contributed by atoms with E-state index in [9.17, 15) is 19.2 Å². The van der Waals surface area contributed by atoms with Crippen LogP contribution in [0.2, 0.25) is 0 Å². The van der Waals surface area contributed by atoms with Gasteiger partial charge in [-0.25, -0.2) is 0 Å². The second-order valence-electron chi connectivity index (χ2n) is 7.67. The van der Waals surface area contributed by atoms with Gasteiger partial charge in [0.05, 0.1) is 19.1 Å². The van der Waals surface area contributed by atoms with Gasteiger partial charge in [-0.1, -0.05) is 18.7 Å². The normalized spacial score (nSPS) is 16.0. The van der Waals surface area contributed by atoms with E-state index in [4.69, 9.17) is 14.6 Å². The Morgan fingerprint density at radius 2 is 1.88 bits per heavy atom. The third-order valence-corrected chi connectivity index (χ3v) is 4.94. The van der Waals surface area contributed by atoms with Gasteiger partial charge in [-0.3, -0.25) is 19.2 Å². The minimum Gasteiger partial charge on any atom is -0.481 e. The van der Waals surface area contributed by atoms with E-state index in [2.05, 4.69) is 6.58 Å². The molecule has 0 aliphatic carbocycles. The number of hydrogen-bond acceptors (Lipinski definition) is 6. The van der Waals surface area contributed by atoms with E-state index < -0.39 is 24.1 Å². The second kappa shape index (κ2) is 14.2. The Hall–Kier alpha value is -2.94. The van der Waals surface area contributed by atoms with E-state index in [-0.39, 0.29) is 25.5 Å². The lowest BCUT2D eigenvalue weighted by atomic mass is 10.1. The number of ether oxygens (including phenoxy) is 2. The number of likely N-dealkylation sites (tertiary alicyclic amines) is 1. The number of amides is 2. The van der Waals surface area contributed by atoms with Crippen LogP contribution in [0, 0.1) is 0 Å². The summed E-state index contributed by atoms with van der Waals surface area (Å²) in [5, 5.41) is 8.98. The van der Waals surface area contributed by atoms with Crippen LogP contribution in [0.15, 0.2) is 36.1 Å². The van der Waals surface area contributed by atoms with Crippen LogP contribution in [-0.2, 0) is 28.7 Å². The average molecular weight is 451 g/mol. The molecule has 1 heterocycles. The summed E-state index contributed by atoms with van der Waals surface area (Å²) in [6, 6.07) is 0. The third kappa shape index (κ3) is 9.91. The van der Waals surface area contributed by atoms with Gasteiger partial charge in [0.15, 0.2) is 0 Å². The molecule has 0 radical (unpaired) electrons. The Balaban J connectivity index is 2.65. The predicted octanol–water partition coefficient (Wildman–Crippen LogP) is 2.29. The Morgan fingerprint density at radius 3 is 2.41 bits per heavy atom. The first kappa shape index (κ1) is 27.1. The molecular formula is C23H34N2O7. The van der Waals surface area contributed by atoms with Crippen molar-refractivity contribution in [2.75, 3.05) is 26.2 Å². The number of nitrogens with zero attached hydrogens (tertiary/aromatic N) is 2. The first-order valence-electron chi connectivity index (χ1n) is 10.7. The van der Waals surface area contributed by atoms with Gasteiger partial charge in [-0.2, -0.15) is 0 Å². The molecule has 0 aromatic rings. The number of rotatable bonds is 14. The predicted molar refractivity (Wildman–Crippen MR) is 118 cm³/mol. The Morgan fingerprint density at radius 1 is 1.22 bits per heavy atom. The summed E-state index contributed by atoms with van der Waals surface area (Å²) < 4.78 is 10.6. The number of carboxylic acid groups (broad SMARTS) is 1. The number of aliphatic carboxylic acids is 1. The monoisotopic (exact) mass is 450 g/mol. The highest BCUT2D eigenvalue weighted by atomic mass is 16.6. The van der Waals surface area contributed by atoms with Crippen LogP contribution < -0.4 is 0 Å². The first-order valence-corrected chi connectivity index (χ1v) is 10.7. The van der Waals surface area contributed by atoms with Crippen LogP contribution in [0.1, 0.15) is 46.5 Å². The Bertz CT molecular complexity index is 723. The van der Waals surface area contributed by atoms with Crippen LogP contribution >= 0.6 is 0 Å². The summed E-state index contributed by atoms with van der Waals surface area (Å²) in [5.74, 6) is -1.62. The lowest BCUT2D eigenvalue weighted by Crippen LogP contribution is -2.35. The molecule has 1 aliphatic rings. The molecule has 9 nitrogen and oxygen atoms in total. The maximum Gasteiger partial charge on any atom is 0.307 e. The number of allylic oxidation sites excluding steroid dienone is 3. The van der Waals surface area contributed by atoms with Gasteiger partial charge in [0.25, 0.3) is 0 Å². The largest absolute Gasteiger partial charge is 0.481 e. The van der Waals surface area contributed by atoms with Crippen LogP contribution in [0.5, 0.6) is 0 Å². The Labute approximate surface area is 189 Å². The molecule has 32 heavy (non-hydrogen) atoms. The summed E-state index contributed by atoms with van der Waals surface area (Å²) in [6.07, 6.45) is 6.24. The first-order chi connectivity index (χ1) is 15.1. The Kier molecular flexibility index (Phi) is 12.0. The fraction of sp³-hybridized carbons (Fsp3) is 0.565. The summed E-state index contributed by atoms with van der Waals surface area (Å²) >= 11 is 0. The van der Waals surface area contributed by atoms with Crippen molar-refractivity contribution in [3.05, 3.63) is 36.1 Å². The van der Waals surface area contributed by atoms with Crippen molar-refractivity contribution in [1.82, 2.24) is 9.80 Å². The van der Waals surface area contributed by atoms with Gasteiger partial charge < -0.3 is 24.4 Å². The molecule has 1 N–H and O–H groups in total. The zero-order chi connectivity index (χ0) is 24.1. The lowest BCUT2D eigenvalue weighted by molar-refractivity contribution is -0.159. The van der Waals surface area contributed by atoms with Gasteiger partial charge >= 0.3 is 11.9 Å². The maximum atomic E-state index is 12.1. The van der Waals surface area contributed by atoms with Gasteiger partial charge in [0.1, 0.15) is 6.10 Å². The summed E-state index contributed by atoms with van der Waals surface area (Å²) in [4.78, 5) is 49.2. The van der Waals surface area contributed by atoms with Gasteiger partial charge in [-0.15, -0.1) is 0 Å². The van der Waals surface area contributed by atoms with Crippen LogP contribution in [0.25, 0.3) is 0 Å². The molecule has 0 spiro atoms. The van der Waals surface area contributed by atoms with Gasteiger partial charge in [0, 0.05) is 38.7 Å². The second-order valence-corrected chi connectivity index (χ2v) is 7.67. The molecule has 9 heteroatoms. The van der Waals surface area contributed by atoms with Gasteiger partial charge in [-0.05, 0) is 38.3 Å². The van der Waals surface area contributed by atoms with E-state index in [1.165, 1.54) is 11.8 Å². The topological polar surface area (TPSA) is 113 Å². The molecule has 0 bridgehead atoms. The summed E-state index contributed by atoms with van der Waals surface area (Å²) in [6.45, 7) is 10.4. The average Bonchev–Trinajstić information content (AvgIpc) is 3.25. The number of esters is 1. The van der Waals surface area contributed by atoms with E-state index in [0.717, 1.165) is 25.9 Å². The molecule has 0 aromatic heterocycles. The molecule has 2 atom stereocenters. The zero-order valence-electron chi connectivity index (χ0n) is 19.1. The molecule has 2 amide bonds. The molecule has 0 unspecified atom stereocenters. The smallest absolute Gasteiger partial charge is 0.307 e. The number of carboxylic acids is 1. The van der Waals surface area contributed by atoms with Crippen LogP contribution in [-0.4, -0.2) is 77.6 Å². The van der Waals surface area contributed by atoms with E-state index in [1.807, 2.05) is 4.90 Å². The summed E-state index contributed by atoms with van der Waals surface area (Å²) in [7, 11) is 0. The standard InChI is InChI=1S/C23H34N2O7/c1-17(2)20(9-5-6-10-22(28)24-11-7-8-12-24)25(16-26)13-14-31-18(3)21(15-23(29)30)32-19(4)27/h5-6,9,16,18,21H,1,7-8,10-15H2,2-4H3,(H,29,30)/b6-5-,20-9+/t18-,21-/m0/s1. The van der Waals surface area contributed by atoms with Crippen molar-refractivity contribution in [2.24, 2.45) is 0 Å². The van der Waals surface area contributed by atoms with Crippen molar-refractivity contribution in [3.63, 3.8) is 0 Å². The molecule has 1 saturated heterocycles. The molecule has 1 aliphatic heterocycles. The van der Waals surface area contributed by atoms with Crippen molar-refractivity contribution < 1.29 is 33.8 Å². The summed E-state index contributed by atoms with van der Waals surface area (Å²) in [5.41, 5.74) is 1.23. The fourth-order valence-corrected chi connectivity index (χ4v) is 3.27.